The third kappa shape index (κ3) is 1.71. The highest BCUT2D eigenvalue weighted by Gasteiger charge is 2.10. The summed E-state index contributed by atoms with van der Waals surface area (Å²) in [7, 11) is 0. The van der Waals surface area contributed by atoms with Crippen LogP contribution >= 0.6 is 11.6 Å². The Morgan fingerprint density at radius 3 is 2.55 bits per heavy atom. The van der Waals surface area contributed by atoms with Crippen molar-refractivity contribution >= 4 is 16.8 Å². The summed E-state index contributed by atoms with van der Waals surface area (Å²) in [6, 6.07) is 1.80. The van der Waals surface area contributed by atoms with E-state index < -0.39 is 22.7 Å². The molecule has 1 heterocycles. The summed E-state index contributed by atoms with van der Waals surface area (Å²) < 4.78 is 24.6. The van der Waals surface area contributed by atoms with Crippen LogP contribution in [0.2, 0.25) is 0 Å². The smallest absolute Gasteiger partial charge is 0.257 e. The predicted octanol–water partition coefficient (Wildman–Crippen LogP) is 1.74. The molecule has 0 saturated heterocycles. The topological polar surface area (TPSA) is 30.0 Å². The van der Waals surface area contributed by atoms with Crippen molar-refractivity contribution in [2.75, 3.05) is 0 Å². The molecular weight excluding hydrogens is 176 g/mol. The molecule has 58 valence electrons. The van der Waals surface area contributed by atoms with Gasteiger partial charge in [-0.1, -0.05) is 0 Å². The summed E-state index contributed by atoms with van der Waals surface area (Å²) in [5.74, 6) is -2.17. The van der Waals surface area contributed by atoms with E-state index in [1.807, 2.05) is 0 Å². The molecule has 1 rings (SSSR count). The molecule has 0 bridgehead atoms. The predicted molar refractivity (Wildman–Crippen MR) is 34.3 cm³/mol. The Labute approximate surface area is 65.8 Å². The SMILES string of the molecule is O=C(Cl)c1ccc(F)nc1F. The lowest BCUT2D eigenvalue weighted by atomic mass is 10.3. The molecule has 2 nitrogen and oxygen atoms in total. The third-order valence-corrected chi connectivity index (χ3v) is 1.23. The normalized spacial score (nSPS) is 9.73. The van der Waals surface area contributed by atoms with E-state index in [0.717, 1.165) is 12.1 Å². The lowest BCUT2D eigenvalue weighted by Crippen LogP contribution is -1.98. The van der Waals surface area contributed by atoms with Crippen molar-refractivity contribution in [3.05, 3.63) is 29.6 Å². The van der Waals surface area contributed by atoms with E-state index in [0.29, 0.717) is 0 Å². The molecule has 0 aliphatic heterocycles. The fraction of sp³-hybridized carbons (Fsp3) is 0. The van der Waals surface area contributed by atoms with Gasteiger partial charge in [-0.15, -0.1) is 0 Å². The maximum Gasteiger partial charge on any atom is 0.257 e. The molecule has 0 unspecified atom stereocenters. The zero-order valence-corrected chi connectivity index (χ0v) is 5.90. The highest BCUT2D eigenvalue weighted by atomic mass is 35.5. The van der Waals surface area contributed by atoms with E-state index in [4.69, 9.17) is 11.6 Å². The van der Waals surface area contributed by atoms with Crippen LogP contribution in [0.5, 0.6) is 0 Å². The average molecular weight is 178 g/mol. The van der Waals surface area contributed by atoms with Crippen LogP contribution in [0.15, 0.2) is 12.1 Å². The molecule has 0 N–H and O–H groups in total. The summed E-state index contributed by atoms with van der Waals surface area (Å²) in [6.07, 6.45) is 0. The Morgan fingerprint density at radius 1 is 1.45 bits per heavy atom. The molecule has 11 heavy (non-hydrogen) atoms. The molecule has 0 aliphatic rings. The summed E-state index contributed by atoms with van der Waals surface area (Å²) in [5.41, 5.74) is -0.423. The van der Waals surface area contributed by atoms with Gasteiger partial charge in [-0.3, -0.25) is 4.79 Å². The number of hydrogen-bond acceptors (Lipinski definition) is 2. The summed E-state index contributed by atoms with van der Waals surface area (Å²) in [6.45, 7) is 0. The summed E-state index contributed by atoms with van der Waals surface area (Å²) >= 11 is 4.92. The summed E-state index contributed by atoms with van der Waals surface area (Å²) in [4.78, 5) is 13.1. The zero-order valence-electron chi connectivity index (χ0n) is 5.14. The van der Waals surface area contributed by atoms with Gasteiger partial charge < -0.3 is 0 Å². The van der Waals surface area contributed by atoms with Crippen molar-refractivity contribution < 1.29 is 13.6 Å². The monoisotopic (exact) mass is 177 g/mol. The molecule has 1 aromatic rings. The molecule has 0 fully saturated rings. The van der Waals surface area contributed by atoms with Crippen molar-refractivity contribution in [1.82, 2.24) is 4.98 Å². The van der Waals surface area contributed by atoms with E-state index in [-0.39, 0.29) is 0 Å². The van der Waals surface area contributed by atoms with Crippen molar-refractivity contribution in [3.63, 3.8) is 0 Å². The molecule has 0 spiro atoms. The zero-order chi connectivity index (χ0) is 8.43. The first-order valence-electron chi connectivity index (χ1n) is 2.63. The van der Waals surface area contributed by atoms with Gasteiger partial charge in [0.2, 0.25) is 11.9 Å². The van der Waals surface area contributed by atoms with Crippen LogP contribution in [0.3, 0.4) is 0 Å². The first kappa shape index (κ1) is 8.07. The maximum atomic E-state index is 12.4. The van der Waals surface area contributed by atoms with Crippen LogP contribution in [0.25, 0.3) is 0 Å². The maximum absolute atomic E-state index is 12.4. The van der Waals surface area contributed by atoms with Crippen molar-refractivity contribution in [2.24, 2.45) is 0 Å². The molecule has 0 atom stereocenters. The number of halogens is 3. The van der Waals surface area contributed by atoms with E-state index in [2.05, 4.69) is 4.98 Å². The van der Waals surface area contributed by atoms with Gasteiger partial charge in [-0.05, 0) is 23.7 Å². The second kappa shape index (κ2) is 2.92. The minimum Gasteiger partial charge on any atom is -0.275 e. The largest absolute Gasteiger partial charge is 0.275 e. The second-order valence-electron chi connectivity index (χ2n) is 1.75. The molecule has 0 saturated carbocycles. The van der Waals surface area contributed by atoms with Gasteiger partial charge >= 0.3 is 0 Å². The van der Waals surface area contributed by atoms with Gasteiger partial charge in [0.25, 0.3) is 5.24 Å². The van der Waals surface area contributed by atoms with Crippen LogP contribution in [-0.4, -0.2) is 10.2 Å². The van der Waals surface area contributed by atoms with Crippen LogP contribution in [0.4, 0.5) is 8.78 Å². The minimum absolute atomic E-state index is 0.423. The number of nitrogens with zero attached hydrogens (tertiary/aromatic N) is 1. The van der Waals surface area contributed by atoms with Gasteiger partial charge in [0, 0.05) is 0 Å². The molecular formula is C6H2ClF2NO. The van der Waals surface area contributed by atoms with E-state index in [9.17, 15) is 13.6 Å². The highest BCUT2D eigenvalue weighted by molar-refractivity contribution is 6.67. The first-order valence-corrected chi connectivity index (χ1v) is 3.01. The lowest BCUT2D eigenvalue weighted by Gasteiger charge is -1.93. The van der Waals surface area contributed by atoms with Crippen LogP contribution in [0.1, 0.15) is 10.4 Å². The Hall–Kier alpha value is -1.03. The van der Waals surface area contributed by atoms with E-state index in [1.165, 1.54) is 0 Å². The van der Waals surface area contributed by atoms with Crippen LogP contribution < -0.4 is 0 Å². The molecule has 5 heteroatoms. The Morgan fingerprint density at radius 2 is 2.09 bits per heavy atom. The van der Waals surface area contributed by atoms with E-state index in [1.54, 1.807) is 0 Å². The fourth-order valence-corrected chi connectivity index (χ4v) is 0.700. The van der Waals surface area contributed by atoms with Gasteiger partial charge in [0.15, 0.2) is 0 Å². The van der Waals surface area contributed by atoms with Crippen molar-refractivity contribution in [2.45, 2.75) is 0 Å². The third-order valence-electron chi connectivity index (χ3n) is 1.03. The lowest BCUT2D eigenvalue weighted by molar-refractivity contribution is 0.107. The second-order valence-corrected chi connectivity index (χ2v) is 2.09. The fourth-order valence-electron chi connectivity index (χ4n) is 0.559. The molecule has 0 aromatic carbocycles. The molecule has 1 aromatic heterocycles. The van der Waals surface area contributed by atoms with Gasteiger partial charge in [-0.2, -0.15) is 13.8 Å². The number of rotatable bonds is 1. The number of carbonyl (C=O) groups is 1. The van der Waals surface area contributed by atoms with Gasteiger partial charge in [0.05, 0.1) is 5.56 Å². The standard InChI is InChI=1S/C6H2ClF2NO/c7-5(11)3-1-2-4(8)10-6(3)9/h1-2H. The number of carbonyl (C=O) groups excluding carboxylic acids is 1. The van der Waals surface area contributed by atoms with Gasteiger partial charge in [0.1, 0.15) is 0 Å². The van der Waals surface area contributed by atoms with Crippen LogP contribution in [0, 0.1) is 11.9 Å². The molecule has 0 amide bonds. The number of hydrogen-bond donors (Lipinski definition) is 0. The van der Waals surface area contributed by atoms with Gasteiger partial charge in [-0.25, -0.2) is 0 Å². The Bertz CT molecular complexity index is 303. The first-order chi connectivity index (χ1) is 5.11. The Balaban J connectivity index is 3.20. The number of pyridine rings is 1. The van der Waals surface area contributed by atoms with Crippen molar-refractivity contribution in [1.29, 1.82) is 0 Å². The van der Waals surface area contributed by atoms with Crippen LogP contribution in [-0.2, 0) is 0 Å². The average Bonchev–Trinajstić information content (AvgIpc) is 1.85. The quantitative estimate of drug-likeness (QED) is 0.483. The Kier molecular flexibility index (Phi) is 2.14. The molecule has 0 radical (unpaired) electrons. The summed E-state index contributed by atoms with van der Waals surface area (Å²) in [5, 5.41) is -0.991. The molecule has 0 aliphatic carbocycles. The van der Waals surface area contributed by atoms with E-state index >= 15 is 0 Å². The van der Waals surface area contributed by atoms with Crippen molar-refractivity contribution in [3.8, 4) is 0 Å². The minimum atomic E-state index is -1.19. The number of aromatic nitrogens is 1. The highest BCUT2D eigenvalue weighted by Crippen LogP contribution is 2.07.